The molecule has 19 heteroatoms. The van der Waals surface area contributed by atoms with Gasteiger partial charge in [0, 0.05) is 52.7 Å². The Morgan fingerprint density at radius 1 is 0.826 bits per heavy atom. The van der Waals surface area contributed by atoms with Gasteiger partial charge in [0.15, 0.2) is 5.69 Å². The van der Waals surface area contributed by atoms with Gasteiger partial charge in [-0.05, 0) is 34.1 Å². The van der Waals surface area contributed by atoms with Crippen molar-refractivity contribution in [3.8, 4) is 0 Å². The standard InChI is InChI=1S/C27H30BrN13O5/c1-14(28)23(42)37-41-32-10-18(36-41)24(43)33-15-8-20(39(3)11-15)26(45)35-17-9-21(40(4)13-17)27(46)34-16-7-19(38(2)12-16)25(44)31-6-5-22(29)30/h7-13H,1,5-6H2,2-4H3,(H3,29,30)(H,31,44)(H,33,43)(H,34,46)(H,35,45)(H,37,42). The molecule has 0 aliphatic heterocycles. The number of hydrogen-bond acceptors (Lipinski definition) is 8. The summed E-state index contributed by atoms with van der Waals surface area (Å²) in [4.78, 5) is 63.7. The molecule has 4 rings (SSSR count). The Kier molecular flexibility index (Phi) is 9.85. The first-order valence-corrected chi connectivity index (χ1v) is 14.1. The van der Waals surface area contributed by atoms with Gasteiger partial charge >= 0.3 is 0 Å². The Bertz CT molecular complexity index is 1880. The molecule has 0 spiro atoms. The summed E-state index contributed by atoms with van der Waals surface area (Å²) in [5, 5.41) is 25.7. The molecule has 0 saturated heterocycles. The molecular formula is C27H30BrN13O5. The highest BCUT2D eigenvalue weighted by molar-refractivity contribution is 9.12. The van der Waals surface area contributed by atoms with Gasteiger partial charge in [-0.3, -0.25) is 29.4 Å². The molecule has 4 aromatic rings. The zero-order valence-corrected chi connectivity index (χ0v) is 26.4. The van der Waals surface area contributed by atoms with E-state index in [1.165, 1.54) is 33.5 Å². The van der Waals surface area contributed by atoms with Crippen molar-refractivity contribution in [2.24, 2.45) is 26.9 Å². The number of amidine groups is 1. The summed E-state index contributed by atoms with van der Waals surface area (Å²) in [7, 11) is 4.91. The lowest BCUT2D eigenvalue weighted by Crippen LogP contribution is -2.28. The molecule has 0 aliphatic rings. The lowest BCUT2D eigenvalue weighted by Gasteiger charge is -2.04. The number of carbonyl (C=O) groups is 5. The third-order valence-corrected chi connectivity index (χ3v) is 6.70. The molecule has 4 aromatic heterocycles. The normalized spacial score (nSPS) is 10.6. The molecule has 0 radical (unpaired) electrons. The third kappa shape index (κ3) is 7.94. The molecule has 8 N–H and O–H groups in total. The van der Waals surface area contributed by atoms with Gasteiger partial charge in [0.05, 0.1) is 33.6 Å². The first-order valence-electron chi connectivity index (χ1n) is 13.3. The molecular weight excluding hydrogens is 666 g/mol. The van der Waals surface area contributed by atoms with E-state index in [4.69, 9.17) is 11.1 Å². The van der Waals surface area contributed by atoms with E-state index >= 15 is 0 Å². The molecule has 5 amide bonds. The Labute approximate surface area is 269 Å². The maximum Gasteiger partial charge on any atom is 0.279 e. The molecule has 0 aromatic carbocycles. The fourth-order valence-electron chi connectivity index (χ4n) is 4.13. The predicted octanol–water partition coefficient (Wildman–Crippen LogP) is 1.09. The second kappa shape index (κ2) is 13.8. The minimum Gasteiger partial charge on any atom is -0.388 e. The van der Waals surface area contributed by atoms with E-state index in [-0.39, 0.29) is 46.3 Å². The number of amides is 5. The van der Waals surface area contributed by atoms with Gasteiger partial charge in [-0.25, -0.2) is 5.43 Å². The van der Waals surface area contributed by atoms with E-state index in [0.717, 1.165) is 11.1 Å². The molecule has 0 saturated carbocycles. The number of nitrogens with zero attached hydrogens (tertiary/aromatic N) is 6. The molecule has 240 valence electrons. The van der Waals surface area contributed by atoms with Crippen LogP contribution in [0.25, 0.3) is 0 Å². The van der Waals surface area contributed by atoms with Crippen LogP contribution >= 0.6 is 15.9 Å². The van der Waals surface area contributed by atoms with E-state index in [1.54, 1.807) is 38.1 Å². The van der Waals surface area contributed by atoms with Gasteiger partial charge in [-0.15, -0.1) is 10.2 Å². The number of halogens is 1. The summed E-state index contributed by atoms with van der Waals surface area (Å²) in [6.07, 6.45) is 6.03. The molecule has 0 bridgehead atoms. The highest BCUT2D eigenvalue weighted by atomic mass is 79.9. The lowest BCUT2D eigenvalue weighted by atomic mass is 10.3. The van der Waals surface area contributed by atoms with Gasteiger partial charge < -0.3 is 40.7 Å². The largest absolute Gasteiger partial charge is 0.388 e. The van der Waals surface area contributed by atoms with Gasteiger partial charge in [0.25, 0.3) is 29.5 Å². The smallest absolute Gasteiger partial charge is 0.279 e. The fraction of sp³-hybridized carbons (Fsp3) is 0.185. The first-order chi connectivity index (χ1) is 21.7. The van der Waals surface area contributed by atoms with Crippen molar-refractivity contribution < 1.29 is 24.0 Å². The number of nitrogens with two attached hydrogens (primary N) is 1. The third-order valence-electron chi connectivity index (χ3n) is 6.34. The highest BCUT2D eigenvalue weighted by Gasteiger charge is 2.20. The van der Waals surface area contributed by atoms with Crippen molar-refractivity contribution >= 4 is 68.4 Å². The van der Waals surface area contributed by atoms with Crippen LogP contribution in [0.15, 0.2) is 54.0 Å². The fourth-order valence-corrected chi connectivity index (χ4v) is 4.22. The van der Waals surface area contributed by atoms with Crippen LogP contribution < -0.4 is 32.4 Å². The van der Waals surface area contributed by atoms with Crippen LogP contribution in [0.2, 0.25) is 0 Å². The predicted molar refractivity (Wildman–Crippen MR) is 171 cm³/mol. The highest BCUT2D eigenvalue weighted by Crippen LogP contribution is 2.20. The summed E-state index contributed by atoms with van der Waals surface area (Å²) in [5.41, 5.74) is 9.27. The monoisotopic (exact) mass is 695 g/mol. The Balaban J connectivity index is 1.37. The van der Waals surface area contributed by atoms with Crippen molar-refractivity contribution in [3.05, 3.63) is 76.8 Å². The van der Waals surface area contributed by atoms with Crippen LogP contribution in [-0.4, -0.2) is 70.7 Å². The zero-order chi connectivity index (χ0) is 33.7. The molecule has 46 heavy (non-hydrogen) atoms. The van der Waals surface area contributed by atoms with E-state index in [0.29, 0.717) is 22.8 Å². The summed E-state index contributed by atoms with van der Waals surface area (Å²) in [6.45, 7) is 3.64. The minimum atomic E-state index is -0.631. The quantitative estimate of drug-likeness (QED) is 0.0641. The van der Waals surface area contributed by atoms with E-state index in [2.05, 4.69) is 59.4 Å². The second-order valence-electron chi connectivity index (χ2n) is 9.93. The molecule has 18 nitrogen and oxygen atoms in total. The average molecular weight is 697 g/mol. The molecule has 0 unspecified atom stereocenters. The Morgan fingerprint density at radius 3 is 1.74 bits per heavy atom. The Morgan fingerprint density at radius 2 is 1.28 bits per heavy atom. The van der Waals surface area contributed by atoms with Crippen LogP contribution in [0.3, 0.4) is 0 Å². The number of anilines is 3. The van der Waals surface area contributed by atoms with E-state index < -0.39 is 23.6 Å². The zero-order valence-electron chi connectivity index (χ0n) is 24.8. The van der Waals surface area contributed by atoms with Crippen molar-refractivity contribution in [1.82, 2.24) is 34.1 Å². The molecule has 4 heterocycles. The van der Waals surface area contributed by atoms with E-state index in [1.807, 2.05) is 0 Å². The number of aromatic nitrogens is 6. The molecule has 0 atom stereocenters. The second-order valence-corrected chi connectivity index (χ2v) is 10.9. The maximum atomic E-state index is 13.1. The van der Waals surface area contributed by atoms with Crippen molar-refractivity contribution in [2.45, 2.75) is 6.42 Å². The molecule has 0 aliphatic carbocycles. The lowest BCUT2D eigenvalue weighted by molar-refractivity contribution is -0.113. The van der Waals surface area contributed by atoms with E-state index in [9.17, 15) is 24.0 Å². The van der Waals surface area contributed by atoms with Crippen LogP contribution in [-0.2, 0) is 25.9 Å². The number of hydrogen-bond donors (Lipinski definition) is 7. The van der Waals surface area contributed by atoms with Crippen molar-refractivity contribution in [1.29, 1.82) is 5.41 Å². The van der Waals surface area contributed by atoms with Crippen LogP contribution in [0, 0.1) is 5.41 Å². The van der Waals surface area contributed by atoms with Gasteiger partial charge in [0.2, 0.25) is 0 Å². The summed E-state index contributed by atoms with van der Waals surface area (Å²) in [6, 6.07) is 4.46. The Hall–Kier alpha value is -5.98. The number of nitrogens with one attached hydrogen (secondary N) is 6. The van der Waals surface area contributed by atoms with Crippen LogP contribution in [0.1, 0.15) is 48.4 Å². The number of rotatable bonds is 12. The molecule has 0 fully saturated rings. The van der Waals surface area contributed by atoms with Gasteiger partial charge in [-0.2, -0.15) is 0 Å². The summed E-state index contributed by atoms with van der Waals surface area (Å²) >= 11 is 2.93. The summed E-state index contributed by atoms with van der Waals surface area (Å²) in [5.74, 6) is -2.63. The minimum absolute atomic E-state index is 0.0401. The maximum absolute atomic E-state index is 13.1. The first kappa shape index (κ1) is 32.9. The number of aryl methyl sites for hydroxylation is 3. The van der Waals surface area contributed by atoms with Gasteiger partial charge in [-0.1, -0.05) is 11.5 Å². The number of carbonyl (C=O) groups excluding carboxylic acids is 5. The van der Waals surface area contributed by atoms with Crippen molar-refractivity contribution in [3.63, 3.8) is 0 Å². The average Bonchev–Trinajstić information content (AvgIpc) is 3.75. The van der Waals surface area contributed by atoms with Crippen LogP contribution in [0.5, 0.6) is 0 Å². The SMILES string of the molecule is C=C(Br)C(=O)Nn1ncc(C(=O)Nc2cc(C(=O)Nc3cc(C(=O)Nc4cc(C(=O)NCCC(=N)N)n(C)c4)n(C)c3)n(C)c2)n1. The summed E-state index contributed by atoms with van der Waals surface area (Å²) < 4.78 is 4.64. The van der Waals surface area contributed by atoms with Gasteiger partial charge in [0.1, 0.15) is 17.1 Å². The van der Waals surface area contributed by atoms with Crippen LogP contribution in [0.4, 0.5) is 17.1 Å². The topological polar surface area (TPSA) is 241 Å². The van der Waals surface area contributed by atoms with Crippen molar-refractivity contribution in [2.75, 3.05) is 27.9 Å².